The maximum Gasteiger partial charge on any atom is 0.180 e. The molecule has 2 aromatic heterocycles. The molecule has 0 atom stereocenters. The van der Waals surface area contributed by atoms with Gasteiger partial charge in [0.15, 0.2) is 5.78 Å². The van der Waals surface area contributed by atoms with Crippen molar-refractivity contribution < 1.29 is 9.90 Å². The lowest BCUT2D eigenvalue weighted by Crippen LogP contribution is -2.02. The third-order valence-corrected chi connectivity index (χ3v) is 4.22. The van der Waals surface area contributed by atoms with Crippen LogP contribution >= 0.6 is 11.6 Å². The summed E-state index contributed by atoms with van der Waals surface area (Å²) in [7, 11) is 0. The van der Waals surface area contributed by atoms with Gasteiger partial charge in [0.25, 0.3) is 0 Å². The Morgan fingerprint density at radius 2 is 1.96 bits per heavy atom. The molecule has 0 bridgehead atoms. The van der Waals surface area contributed by atoms with E-state index in [0.29, 0.717) is 28.5 Å². The summed E-state index contributed by atoms with van der Waals surface area (Å²) in [5.74, 6) is -0.0577. The van der Waals surface area contributed by atoms with Crippen molar-refractivity contribution in [2.45, 2.75) is 20.3 Å². The van der Waals surface area contributed by atoms with E-state index in [-0.39, 0.29) is 22.4 Å². The monoisotopic (exact) mass is 341 g/mol. The van der Waals surface area contributed by atoms with Gasteiger partial charge in [-0.3, -0.25) is 9.78 Å². The number of carbonyl (C=O) groups excluding carboxylic acids is 1. The Kier molecular flexibility index (Phi) is 4.11. The number of aryl methyl sites for hydroxylation is 1. The van der Waals surface area contributed by atoms with Gasteiger partial charge in [-0.15, -0.1) is 0 Å². The number of benzene rings is 1. The van der Waals surface area contributed by atoms with Crippen LogP contribution in [0.1, 0.15) is 29.4 Å². The van der Waals surface area contributed by atoms with Crippen molar-refractivity contribution in [3.05, 3.63) is 47.0 Å². The second-order valence-corrected chi connectivity index (χ2v) is 5.96. The lowest BCUT2D eigenvalue weighted by atomic mass is 9.96. The number of halogens is 1. The van der Waals surface area contributed by atoms with Gasteiger partial charge in [0.2, 0.25) is 0 Å². The third-order valence-electron chi connectivity index (χ3n) is 4.01. The zero-order valence-electron chi connectivity index (χ0n) is 13.3. The van der Waals surface area contributed by atoms with Gasteiger partial charge in [-0.05, 0) is 30.7 Å². The number of fused-ring (bicyclic) bond motifs is 1. The van der Waals surface area contributed by atoms with E-state index in [4.69, 9.17) is 17.3 Å². The van der Waals surface area contributed by atoms with Crippen LogP contribution in [0.3, 0.4) is 0 Å². The molecule has 0 aliphatic heterocycles. The van der Waals surface area contributed by atoms with Crippen molar-refractivity contribution in [2.24, 2.45) is 0 Å². The van der Waals surface area contributed by atoms with Crippen molar-refractivity contribution >= 4 is 33.8 Å². The van der Waals surface area contributed by atoms with Crippen molar-refractivity contribution in [3.8, 4) is 16.9 Å². The first kappa shape index (κ1) is 16.2. The molecule has 5 nitrogen and oxygen atoms in total. The van der Waals surface area contributed by atoms with Crippen molar-refractivity contribution in [1.82, 2.24) is 9.97 Å². The number of aromatic hydroxyl groups is 1. The van der Waals surface area contributed by atoms with Crippen LogP contribution in [0, 0.1) is 6.92 Å². The molecule has 2 heterocycles. The molecular weight excluding hydrogens is 326 g/mol. The summed E-state index contributed by atoms with van der Waals surface area (Å²) in [5, 5.41) is 12.0. The normalized spacial score (nSPS) is 11.0. The van der Waals surface area contributed by atoms with Crippen LogP contribution in [0.25, 0.3) is 21.9 Å². The zero-order valence-corrected chi connectivity index (χ0v) is 14.1. The van der Waals surface area contributed by atoms with E-state index >= 15 is 0 Å². The van der Waals surface area contributed by atoms with Crippen LogP contribution in [0.15, 0.2) is 30.6 Å². The molecule has 24 heavy (non-hydrogen) atoms. The molecule has 0 aliphatic rings. The molecule has 0 saturated carbocycles. The van der Waals surface area contributed by atoms with Crippen molar-refractivity contribution in [2.75, 3.05) is 5.73 Å². The first-order chi connectivity index (χ1) is 11.4. The summed E-state index contributed by atoms with van der Waals surface area (Å²) in [5.41, 5.74) is 9.04. The van der Waals surface area contributed by atoms with Gasteiger partial charge in [-0.25, -0.2) is 4.98 Å². The Hall–Kier alpha value is -2.66. The molecule has 0 amide bonds. The highest BCUT2D eigenvalue weighted by Gasteiger charge is 2.16. The topological polar surface area (TPSA) is 89.1 Å². The molecule has 0 radical (unpaired) electrons. The van der Waals surface area contributed by atoms with Crippen LogP contribution in [0.5, 0.6) is 5.75 Å². The van der Waals surface area contributed by atoms with Gasteiger partial charge >= 0.3 is 0 Å². The average Bonchev–Trinajstić information content (AvgIpc) is 2.58. The number of carbonyl (C=O) groups is 1. The molecule has 0 unspecified atom stereocenters. The van der Waals surface area contributed by atoms with E-state index in [2.05, 4.69) is 9.97 Å². The van der Waals surface area contributed by atoms with Crippen LogP contribution in [0.2, 0.25) is 5.15 Å². The lowest BCUT2D eigenvalue weighted by Gasteiger charge is -2.13. The highest BCUT2D eigenvalue weighted by atomic mass is 35.5. The molecular formula is C18H16ClN3O2. The minimum atomic E-state index is -0.0417. The molecule has 1 aromatic carbocycles. The number of aromatic nitrogens is 2. The number of Topliss-reactive ketones (excluding diaryl/α,β-unsaturated/α-hetero) is 1. The number of phenolic OH excluding ortho intramolecular Hbond substituents is 1. The number of nitrogens with two attached hydrogens (primary N) is 1. The SMILES string of the molecule is CCC(=O)c1cc(C)c(-c2cc3cnc(Cl)cc3c(O)c2N)cn1. The van der Waals surface area contributed by atoms with E-state index in [1.54, 1.807) is 31.5 Å². The fraction of sp³-hybridized carbons (Fsp3) is 0.167. The van der Waals surface area contributed by atoms with Gasteiger partial charge in [-0.2, -0.15) is 0 Å². The van der Waals surface area contributed by atoms with Crippen molar-refractivity contribution in [1.29, 1.82) is 0 Å². The Morgan fingerprint density at radius 1 is 1.21 bits per heavy atom. The number of nitrogens with zero attached hydrogens (tertiary/aromatic N) is 2. The van der Waals surface area contributed by atoms with E-state index in [1.165, 1.54) is 0 Å². The number of rotatable bonds is 3. The first-order valence-corrected chi connectivity index (χ1v) is 7.87. The molecule has 3 N–H and O–H groups in total. The standard InChI is InChI=1S/C18H16ClN3O2/c1-3-15(23)14-4-9(2)13(8-21-14)12-5-10-7-22-16(19)6-11(10)18(24)17(12)20/h4-8,24H,3,20H2,1-2H3. The maximum absolute atomic E-state index is 11.8. The highest BCUT2D eigenvalue weighted by Crippen LogP contribution is 2.40. The Morgan fingerprint density at radius 3 is 2.62 bits per heavy atom. The summed E-state index contributed by atoms with van der Waals surface area (Å²) in [6, 6.07) is 5.14. The minimum absolute atomic E-state index is 0.0159. The number of hydrogen-bond acceptors (Lipinski definition) is 5. The quantitative estimate of drug-likeness (QED) is 0.323. The fourth-order valence-electron chi connectivity index (χ4n) is 2.66. The first-order valence-electron chi connectivity index (χ1n) is 7.49. The fourth-order valence-corrected chi connectivity index (χ4v) is 2.82. The summed E-state index contributed by atoms with van der Waals surface area (Å²) < 4.78 is 0. The van der Waals surface area contributed by atoms with Crippen LogP contribution in [-0.4, -0.2) is 20.9 Å². The van der Waals surface area contributed by atoms with Crippen LogP contribution in [-0.2, 0) is 0 Å². The molecule has 0 spiro atoms. The Balaban J connectivity index is 2.21. The number of pyridine rings is 2. The van der Waals surface area contributed by atoms with E-state index in [1.807, 2.05) is 13.0 Å². The second-order valence-electron chi connectivity index (χ2n) is 5.58. The molecule has 3 aromatic rings. The Labute approximate surface area is 144 Å². The smallest absolute Gasteiger partial charge is 0.180 e. The predicted octanol–water partition coefficient (Wildman–Crippen LogP) is 4.14. The van der Waals surface area contributed by atoms with Crippen LogP contribution < -0.4 is 5.73 Å². The molecule has 122 valence electrons. The Bertz CT molecular complexity index is 970. The van der Waals surface area contributed by atoms with Crippen LogP contribution in [0.4, 0.5) is 5.69 Å². The molecule has 0 saturated heterocycles. The molecule has 0 aliphatic carbocycles. The third kappa shape index (κ3) is 2.67. The molecule has 3 rings (SSSR count). The van der Waals surface area contributed by atoms with E-state index < -0.39 is 0 Å². The van der Waals surface area contributed by atoms with Gasteiger partial charge in [0.05, 0.1) is 5.69 Å². The van der Waals surface area contributed by atoms with Gasteiger partial charge in [-0.1, -0.05) is 18.5 Å². The summed E-state index contributed by atoms with van der Waals surface area (Å²) in [4.78, 5) is 20.1. The summed E-state index contributed by atoms with van der Waals surface area (Å²) in [6.07, 6.45) is 3.59. The van der Waals surface area contributed by atoms with Gasteiger partial charge < -0.3 is 10.8 Å². The molecule has 6 heteroatoms. The van der Waals surface area contributed by atoms with Gasteiger partial charge in [0.1, 0.15) is 16.6 Å². The zero-order chi connectivity index (χ0) is 17.4. The van der Waals surface area contributed by atoms with E-state index in [9.17, 15) is 9.90 Å². The van der Waals surface area contributed by atoms with Gasteiger partial charge in [0, 0.05) is 40.7 Å². The highest BCUT2D eigenvalue weighted by molar-refractivity contribution is 6.30. The number of anilines is 1. The lowest BCUT2D eigenvalue weighted by molar-refractivity contribution is 0.0983. The summed E-state index contributed by atoms with van der Waals surface area (Å²) in [6.45, 7) is 3.68. The maximum atomic E-state index is 11.8. The average molecular weight is 342 g/mol. The van der Waals surface area contributed by atoms with Crippen molar-refractivity contribution in [3.63, 3.8) is 0 Å². The predicted molar refractivity (Wildman–Crippen MR) is 95.4 cm³/mol. The largest absolute Gasteiger partial charge is 0.505 e. The second kappa shape index (κ2) is 6.09. The summed E-state index contributed by atoms with van der Waals surface area (Å²) >= 11 is 5.88. The van der Waals surface area contributed by atoms with E-state index in [0.717, 1.165) is 11.1 Å². The number of hydrogen-bond donors (Lipinski definition) is 2. The minimum Gasteiger partial charge on any atom is -0.505 e. The number of ketones is 1. The number of phenols is 1. The number of nitrogen functional groups attached to an aromatic ring is 1. The molecule has 0 fully saturated rings.